The second-order valence-electron chi connectivity index (χ2n) is 3.70. The molecule has 0 aliphatic rings. The highest BCUT2D eigenvalue weighted by molar-refractivity contribution is 9.10. The van der Waals surface area contributed by atoms with E-state index < -0.39 is 0 Å². The van der Waals surface area contributed by atoms with Crippen LogP contribution in [0.2, 0.25) is 0 Å². The van der Waals surface area contributed by atoms with Gasteiger partial charge in [0.25, 0.3) is 0 Å². The molecule has 2 aromatic rings. The summed E-state index contributed by atoms with van der Waals surface area (Å²) < 4.78 is 11.1. The Morgan fingerprint density at radius 2 is 1.74 bits per heavy atom. The molecule has 5 heteroatoms. The second kappa shape index (κ2) is 5.84. The van der Waals surface area contributed by atoms with Crippen LogP contribution in [0.1, 0.15) is 16.1 Å². The monoisotopic (exact) mass is 321 g/mol. The first-order valence-electron chi connectivity index (χ1n) is 5.55. The maximum absolute atomic E-state index is 12.6. The van der Waals surface area contributed by atoms with Crippen molar-refractivity contribution in [3.63, 3.8) is 0 Å². The van der Waals surface area contributed by atoms with Crippen molar-refractivity contribution in [2.75, 3.05) is 14.2 Å². The number of rotatable bonds is 4. The Morgan fingerprint density at radius 3 is 2.26 bits per heavy atom. The lowest BCUT2D eigenvalue weighted by atomic mass is 10.1. The van der Waals surface area contributed by atoms with Crippen molar-refractivity contribution in [3.8, 4) is 11.5 Å². The molecular formula is C14H12BrNO3. The van der Waals surface area contributed by atoms with Crippen LogP contribution in [0.15, 0.2) is 41.0 Å². The maximum Gasteiger partial charge on any atom is 0.219 e. The molecule has 0 spiro atoms. The maximum atomic E-state index is 12.6. The summed E-state index contributed by atoms with van der Waals surface area (Å²) in [5.41, 5.74) is 0.692. The van der Waals surface area contributed by atoms with Gasteiger partial charge in [-0.25, -0.2) is 0 Å². The standard InChI is InChI=1S/C14H12BrNO3/c1-18-10-6-3-7-11(19-2)12(10)14(17)13-9(15)5-4-8-16-13/h3-8H,1-2H3. The van der Waals surface area contributed by atoms with Crippen molar-refractivity contribution in [2.24, 2.45) is 0 Å². The second-order valence-corrected chi connectivity index (χ2v) is 4.55. The number of carbonyl (C=O) groups excluding carboxylic acids is 1. The Morgan fingerprint density at radius 1 is 1.11 bits per heavy atom. The van der Waals surface area contributed by atoms with Gasteiger partial charge in [0.2, 0.25) is 5.78 Å². The van der Waals surface area contributed by atoms with Gasteiger partial charge in [-0.05, 0) is 40.2 Å². The molecule has 0 aliphatic carbocycles. The Hall–Kier alpha value is -1.88. The van der Waals surface area contributed by atoms with Gasteiger partial charge in [0.15, 0.2) is 0 Å². The first-order valence-corrected chi connectivity index (χ1v) is 6.34. The zero-order valence-electron chi connectivity index (χ0n) is 10.5. The normalized spacial score (nSPS) is 10.1. The fourth-order valence-electron chi connectivity index (χ4n) is 1.75. The Balaban J connectivity index is 2.58. The summed E-state index contributed by atoms with van der Waals surface area (Å²) in [6, 6.07) is 8.71. The summed E-state index contributed by atoms with van der Waals surface area (Å²) in [5.74, 6) is 0.672. The third-order valence-corrected chi connectivity index (χ3v) is 3.27. The van der Waals surface area contributed by atoms with Gasteiger partial charge in [-0.3, -0.25) is 9.78 Å². The van der Waals surface area contributed by atoms with E-state index in [1.807, 2.05) is 0 Å². The molecule has 1 aromatic heterocycles. The minimum Gasteiger partial charge on any atom is -0.496 e. The van der Waals surface area contributed by atoms with Crippen LogP contribution < -0.4 is 9.47 Å². The molecule has 0 atom stereocenters. The molecular weight excluding hydrogens is 310 g/mol. The van der Waals surface area contributed by atoms with Gasteiger partial charge in [-0.15, -0.1) is 0 Å². The summed E-state index contributed by atoms with van der Waals surface area (Å²) in [6.07, 6.45) is 1.57. The van der Waals surface area contributed by atoms with Crippen molar-refractivity contribution in [1.82, 2.24) is 4.98 Å². The lowest BCUT2D eigenvalue weighted by Crippen LogP contribution is -2.09. The van der Waals surface area contributed by atoms with E-state index in [0.717, 1.165) is 0 Å². The van der Waals surface area contributed by atoms with Gasteiger partial charge in [0, 0.05) is 10.7 Å². The minimum absolute atomic E-state index is 0.248. The Labute approximate surface area is 119 Å². The number of ketones is 1. The van der Waals surface area contributed by atoms with E-state index in [2.05, 4.69) is 20.9 Å². The highest BCUT2D eigenvalue weighted by Crippen LogP contribution is 2.31. The first kappa shape index (κ1) is 13.5. The number of benzene rings is 1. The number of hydrogen-bond donors (Lipinski definition) is 0. The molecule has 0 saturated heterocycles. The number of ether oxygens (including phenoxy) is 2. The third kappa shape index (κ3) is 2.61. The highest BCUT2D eigenvalue weighted by Gasteiger charge is 2.22. The number of methoxy groups -OCH3 is 2. The minimum atomic E-state index is -0.248. The summed E-state index contributed by atoms with van der Waals surface area (Å²) in [5, 5.41) is 0. The summed E-state index contributed by atoms with van der Waals surface area (Å²) in [7, 11) is 3.03. The van der Waals surface area contributed by atoms with Crippen molar-refractivity contribution in [2.45, 2.75) is 0 Å². The van der Waals surface area contributed by atoms with Gasteiger partial charge < -0.3 is 9.47 Å². The molecule has 19 heavy (non-hydrogen) atoms. The van der Waals surface area contributed by atoms with Crippen molar-refractivity contribution in [1.29, 1.82) is 0 Å². The molecule has 0 saturated carbocycles. The third-order valence-electron chi connectivity index (χ3n) is 2.63. The fourth-order valence-corrected chi connectivity index (χ4v) is 2.18. The molecule has 0 bridgehead atoms. The Bertz CT molecular complexity index is 591. The van der Waals surface area contributed by atoms with Crippen LogP contribution in [0.25, 0.3) is 0 Å². The fraction of sp³-hybridized carbons (Fsp3) is 0.143. The van der Waals surface area contributed by atoms with Crippen LogP contribution in [0.3, 0.4) is 0 Å². The van der Waals surface area contributed by atoms with Crippen LogP contribution in [0.5, 0.6) is 11.5 Å². The number of halogens is 1. The van der Waals surface area contributed by atoms with E-state index in [-0.39, 0.29) is 5.78 Å². The topological polar surface area (TPSA) is 48.4 Å². The average Bonchev–Trinajstić information content (AvgIpc) is 2.46. The molecule has 1 aromatic carbocycles. The number of hydrogen-bond acceptors (Lipinski definition) is 4. The number of aromatic nitrogens is 1. The van der Waals surface area contributed by atoms with Gasteiger partial charge in [0.1, 0.15) is 22.8 Å². The molecule has 0 N–H and O–H groups in total. The van der Waals surface area contributed by atoms with Gasteiger partial charge in [-0.2, -0.15) is 0 Å². The zero-order chi connectivity index (χ0) is 13.8. The highest BCUT2D eigenvalue weighted by atomic mass is 79.9. The predicted molar refractivity (Wildman–Crippen MR) is 74.9 cm³/mol. The van der Waals surface area contributed by atoms with E-state index in [0.29, 0.717) is 27.2 Å². The van der Waals surface area contributed by atoms with E-state index in [4.69, 9.17) is 9.47 Å². The molecule has 1 heterocycles. The predicted octanol–water partition coefficient (Wildman–Crippen LogP) is 3.09. The quantitative estimate of drug-likeness (QED) is 0.812. The van der Waals surface area contributed by atoms with Crippen LogP contribution in [0, 0.1) is 0 Å². The summed E-state index contributed by atoms with van der Waals surface area (Å²) in [6.45, 7) is 0. The largest absolute Gasteiger partial charge is 0.496 e. The van der Waals surface area contributed by atoms with E-state index in [1.54, 1.807) is 36.5 Å². The van der Waals surface area contributed by atoms with Crippen LogP contribution in [0.4, 0.5) is 0 Å². The number of pyridine rings is 1. The van der Waals surface area contributed by atoms with Gasteiger partial charge in [0.05, 0.1) is 14.2 Å². The number of nitrogens with zero attached hydrogens (tertiary/aromatic N) is 1. The SMILES string of the molecule is COc1cccc(OC)c1C(=O)c1ncccc1Br. The Kier molecular flexibility index (Phi) is 4.16. The van der Waals surface area contributed by atoms with Crippen LogP contribution in [-0.4, -0.2) is 25.0 Å². The van der Waals surface area contributed by atoms with E-state index >= 15 is 0 Å². The number of carbonyl (C=O) groups is 1. The van der Waals surface area contributed by atoms with Crippen molar-refractivity contribution in [3.05, 3.63) is 52.3 Å². The lowest BCUT2D eigenvalue weighted by molar-refractivity contribution is 0.102. The molecule has 98 valence electrons. The smallest absolute Gasteiger partial charge is 0.219 e. The van der Waals surface area contributed by atoms with Crippen LogP contribution in [-0.2, 0) is 0 Å². The molecule has 0 unspecified atom stereocenters. The molecule has 0 radical (unpaired) electrons. The van der Waals surface area contributed by atoms with E-state index in [9.17, 15) is 4.79 Å². The van der Waals surface area contributed by atoms with Crippen molar-refractivity contribution >= 4 is 21.7 Å². The van der Waals surface area contributed by atoms with Gasteiger partial charge >= 0.3 is 0 Å². The van der Waals surface area contributed by atoms with Gasteiger partial charge in [-0.1, -0.05) is 6.07 Å². The van der Waals surface area contributed by atoms with Crippen LogP contribution >= 0.6 is 15.9 Å². The molecule has 0 aliphatic heterocycles. The molecule has 2 rings (SSSR count). The molecule has 4 nitrogen and oxygen atoms in total. The summed E-state index contributed by atoms with van der Waals surface area (Å²) in [4.78, 5) is 16.7. The lowest BCUT2D eigenvalue weighted by Gasteiger charge is -2.12. The molecule has 0 amide bonds. The summed E-state index contributed by atoms with van der Waals surface area (Å²) >= 11 is 3.32. The van der Waals surface area contributed by atoms with Crippen molar-refractivity contribution < 1.29 is 14.3 Å². The van der Waals surface area contributed by atoms with E-state index in [1.165, 1.54) is 14.2 Å². The first-order chi connectivity index (χ1) is 9.19. The zero-order valence-corrected chi connectivity index (χ0v) is 12.1. The molecule has 0 fully saturated rings. The average molecular weight is 322 g/mol.